The van der Waals surface area contributed by atoms with Gasteiger partial charge in [-0.15, -0.1) is 11.8 Å². The van der Waals surface area contributed by atoms with Crippen LogP contribution in [-0.2, 0) is 6.42 Å². The summed E-state index contributed by atoms with van der Waals surface area (Å²) in [5, 5.41) is 1.02. The average Bonchev–Trinajstić information content (AvgIpc) is 2.73. The molecular weight excluding hydrogens is 208 g/mol. The average molecular weight is 218 g/mol. The number of aliphatic imine (C=N–C) groups is 1. The molecule has 0 radical (unpaired) electrons. The Labute approximate surface area is 92.7 Å². The third-order valence-corrected chi connectivity index (χ3v) is 3.16. The van der Waals surface area contributed by atoms with Gasteiger partial charge in [-0.25, -0.2) is 21.5 Å². The van der Waals surface area contributed by atoms with Gasteiger partial charge in [0.05, 0.1) is 0 Å². The SMILES string of the molecule is [C-]#[N+]CCCSc1ncnc2c1CC=N2. The van der Waals surface area contributed by atoms with Gasteiger partial charge in [-0.2, -0.15) is 0 Å². The van der Waals surface area contributed by atoms with Crippen molar-refractivity contribution in [3.05, 3.63) is 23.3 Å². The Hall–Kier alpha value is -1.41. The van der Waals surface area contributed by atoms with Gasteiger partial charge in [0.15, 0.2) is 5.82 Å². The maximum atomic E-state index is 6.68. The second kappa shape index (κ2) is 4.89. The summed E-state index contributed by atoms with van der Waals surface area (Å²) in [5.74, 6) is 1.74. The summed E-state index contributed by atoms with van der Waals surface area (Å²) >= 11 is 1.69. The smallest absolute Gasteiger partial charge is 0.215 e. The van der Waals surface area contributed by atoms with E-state index in [1.807, 2.05) is 6.21 Å². The highest BCUT2D eigenvalue weighted by molar-refractivity contribution is 7.99. The van der Waals surface area contributed by atoms with Crippen molar-refractivity contribution in [3.8, 4) is 0 Å². The first-order chi connectivity index (χ1) is 7.42. The molecule has 0 spiro atoms. The van der Waals surface area contributed by atoms with Crippen molar-refractivity contribution in [2.75, 3.05) is 12.3 Å². The fraction of sp³-hybridized carbons (Fsp3) is 0.400. The van der Waals surface area contributed by atoms with Crippen LogP contribution in [0, 0.1) is 6.57 Å². The van der Waals surface area contributed by atoms with E-state index in [9.17, 15) is 0 Å². The van der Waals surface area contributed by atoms with Gasteiger partial charge in [0.25, 0.3) is 0 Å². The van der Waals surface area contributed by atoms with Gasteiger partial charge in [0.1, 0.15) is 11.4 Å². The van der Waals surface area contributed by atoms with Crippen LogP contribution in [-0.4, -0.2) is 28.5 Å². The topological polar surface area (TPSA) is 42.5 Å². The minimum Gasteiger partial charge on any atom is -0.317 e. The molecule has 76 valence electrons. The first-order valence-corrected chi connectivity index (χ1v) is 5.73. The zero-order valence-electron chi connectivity index (χ0n) is 8.18. The normalized spacial score (nSPS) is 12.5. The highest BCUT2D eigenvalue weighted by atomic mass is 32.2. The van der Waals surface area contributed by atoms with Crippen molar-refractivity contribution < 1.29 is 0 Å². The highest BCUT2D eigenvalue weighted by Gasteiger charge is 2.13. The highest BCUT2D eigenvalue weighted by Crippen LogP contribution is 2.29. The third kappa shape index (κ3) is 2.34. The Morgan fingerprint density at radius 2 is 2.40 bits per heavy atom. The van der Waals surface area contributed by atoms with Gasteiger partial charge >= 0.3 is 0 Å². The molecule has 2 heterocycles. The number of aromatic nitrogens is 2. The van der Waals surface area contributed by atoms with Gasteiger partial charge in [-0.1, -0.05) is 0 Å². The van der Waals surface area contributed by atoms with E-state index in [-0.39, 0.29) is 0 Å². The molecule has 0 atom stereocenters. The Balaban J connectivity index is 1.99. The maximum Gasteiger partial charge on any atom is 0.215 e. The molecule has 0 bridgehead atoms. The molecule has 0 N–H and O–H groups in total. The van der Waals surface area contributed by atoms with Crippen LogP contribution in [0.3, 0.4) is 0 Å². The number of hydrogen-bond donors (Lipinski definition) is 0. The lowest BCUT2D eigenvalue weighted by Gasteiger charge is -2.03. The summed E-state index contributed by atoms with van der Waals surface area (Å²) in [4.78, 5) is 15.8. The summed E-state index contributed by atoms with van der Waals surface area (Å²) in [6, 6.07) is 0. The van der Waals surface area contributed by atoms with E-state index in [4.69, 9.17) is 6.57 Å². The number of fused-ring (bicyclic) bond motifs is 1. The minimum absolute atomic E-state index is 0.594. The zero-order valence-corrected chi connectivity index (χ0v) is 9.00. The molecule has 4 nitrogen and oxygen atoms in total. The number of rotatable bonds is 4. The van der Waals surface area contributed by atoms with E-state index in [1.54, 1.807) is 18.1 Å². The van der Waals surface area contributed by atoms with Crippen molar-refractivity contribution in [1.29, 1.82) is 0 Å². The predicted molar refractivity (Wildman–Crippen MR) is 60.7 cm³/mol. The molecule has 2 rings (SSSR count). The van der Waals surface area contributed by atoms with Crippen LogP contribution >= 0.6 is 11.8 Å². The molecule has 0 fully saturated rings. The minimum atomic E-state index is 0.594. The van der Waals surface area contributed by atoms with E-state index < -0.39 is 0 Å². The molecule has 0 unspecified atom stereocenters. The molecule has 0 saturated heterocycles. The molecule has 15 heavy (non-hydrogen) atoms. The molecule has 1 aliphatic heterocycles. The first kappa shape index (κ1) is 10.1. The lowest BCUT2D eigenvalue weighted by atomic mass is 10.3. The molecule has 1 aromatic rings. The standard InChI is InChI=1S/C10H10N4S/c1-11-4-2-6-15-10-8-3-5-12-9(8)13-7-14-10/h5,7H,2-4,6H2. The summed E-state index contributed by atoms with van der Waals surface area (Å²) in [6.07, 6.45) is 5.16. The van der Waals surface area contributed by atoms with Gasteiger partial charge in [0.2, 0.25) is 6.54 Å². The largest absolute Gasteiger partial charge is 0.317 e. The monoisotopic (exact) mass is 218 g/mol. The van der Waals surface area contributed by atoms with Crippen LogP contribution < -0.4 is 0 Å². The molecule has 1 aromatic heterocycles. The van der Waals surface area contributed by atoms with Crippen molar-refractivity contribution in [3.63, 3.8) is 0 Å². The van der Waals surface area contributed by atoms with Crippen molar-refractivity contribution in [2.24, 2.45) is 4.99 Å². The Kier molecular flexibility index (Phi) is 3.30. The van der Waals surface area contributed by atoms with Crippen LogP contribution in [0.25, 0.3) is 4.85 Å². The third-order valence-electron chi connectivity index (χ3n) is 2.05. The second-order valence-corrected chi connectivity index (χ2v) is 4.16. The van der Waals surface area contributed by atoms with Crippen LogP contribution in [0.15, 0.2) is 16.3 Å². The number of nitrogens with zero attached hydrogens (tertiary/aromatic N) is 4. The Morgan fingerprint density at radius 3 is 3.27 bits per heavy atom. The van der Waals surface area contributed by atoms with E-state index in [1.165, 1.54) is 0 Å². The Morgan fingerprint density at radius 1 is 1.47 bits per heavy atom. The summed E-state index contributed by atoms with van der Waals surface area (Å²) in [6.45, 7) is 7.27. The van der Waals surface area contributed by atoms with Crippen molar-refractivity contribution >= 4 is 23.8 Å². The van der Waals surface area contributed by atoms with Gasteiger partial charge in [0, 0.05) is 30.4 Å². The molecule has 0 aromatic carbocycles. The van der Waals surface area contributed by atoms with E-state index >= 15 is 0 Å². The lowest BCUT2D eigenvalue weighted by molar-refractivity contribution is 0.990. The molecule has 5 heteroatoms. The van der Waals surface area contributed by atoms with Crippen molar-refractivity contribution in [1.82, 2.24) is 9.97 Å². The molecule has 0 aliphatic carbocycles. The quantitative estimate of drug-likeness (QED) is 0.336. The Bertz CT molecular complexity index is 422. The van der Waals surface area contributed by atoms with Crippen molar-refractivity contribution in [2.45, 2.75) is 17.9 Å². The molecular formula is C10H10N4S. The molecule has 0 amide bonds. The van der Waals surface area contributed by atoms with E-state index in [0.717, 1.165) is 35.0 Å². The zero-order chi connectivity index (χ0) is 10.5. The summed E-state index contributed by atoms with van der Waals surface area (Å²) in [7, 11) is 0. The molecule has 0 saturated carbocycles. The van der Waals surface area contributed by atoms with E-state index in [2.05, 4.69) is 19.8 Å². The van der Waals surface area contributed by atoms with E-state index in [0.29, 0.717) is 6.54 Å². The van der Waals surface area contributed by atoms with Gasteiger partial charge in [-0.3, -0.25) is 0 Å². The van der Waals surface area contributed by atoms with Crippen LogP contribution in [0.1, 0.15) is 12.0 Å². The summed E-state index contributed by atoms with van der Waals surface area (Å²) < 4.78 is 0. The van der Waals surface area contributed by atoms with Crippen LogP contribution in [0.2, 0.25) is 0 Å². The first-order valence-electron chi connectivity index (χ1n) is 4.74. The lowest BCUT2D eigenvalue weighted by Crippen LogP contribution is -1.92. The number of hydrogen-bond acceptors (Lipinski definition) is 4. The van der Waals surface area contributed by atoms with Crippen LogP contribution in [0.5, 0.6) is 0 Å². The van der Waals surface area contributed by atoms with Gasteiger partial charge in [-0.05, 0) is 0 Å². The second-order valence-electron chi connectivity index (χ2n) is 3.08. The fourth-order valence-corrected chi connectivity index (χ4v) is 2.27. The number of thioether (sulfide) groups is 1. The van der Waals surface area contributed by atoms with Crippen LogP contribution in [0.4, 0.5) is 5.82 Å². The summed E-state index contributed by atoms with van der Waals surface area (Å²) in [5.41, 5.74) is 1.13. The van der Waals surface area contributed by atoms with Gasteiger partial charge < -0.3 is 4.85 Å². The molecule has 1 aliphatic rings. The predicted octanol–water partition coefficient (Wildman–Crippen LogP) is 2.14. The maximum absolute atomic E-state index is 6.68. The fourth-order valence-electron chi connectivity index (χ4n) is 1.34.